The SMILES string of the molecule is CCOP(=O)(Cc1ccc(-c2nc3ccccc3s2)cc1)N1CCN(Cc2ccc(OC)c(OC)c2OC)CC1.O=C(O)/C=C/C(=O)O. The van der Waals surface area contributed by atoms with Crippen LogP contribution in [-0.4, -0.2) is 90.8 Å². The van der Waals surface area contributed by atoms with Gasteiger partial charge >= 0.3 is 11.9 Å². The lowest BCUT2D eigenvalue weighted by Crippen LogP contribution is -2.44. The van der Waals surface area contributed by atoms with Gasteiger partial charge in [0.1, 0.15) is 5.01 Å². The third-order valence-corrected chi connectivity index (χ3v) is 11.3. The van der Waals surface area contributed by atoms with Crippen molar-refractivity contribution in [3.8, 4) is 27.8 Å². The second kappa shape index (κ2) is 17.2. The van der Waals surface area contributed by atoms with Crippen LogP contribution in [0, 0.1) is 0 Å². The number of aromatic nitrogens is 1. The van der Waals surface area contributed by atoms with Gasteiger partial charge in [-0.3, -0.25) is 9.46 Å². The zero-order valence-electron chi connectivity index (χ0n) is 27.3. The molecule has 1 aliphatic heterocycles. The Labute approximate surface area is 283 Å². The average molecular weight is 698 g/mol. The van der Waals surface area contributed by atoms with Gasteiger partial charge in [0.05, 0.1) is 44.3 Å². The zero-order chi connectivity index (χ0) is 34.7. The van der Waals surface area contributed by atoms with Crippen LogP contribution in [0.1, 0.15) is 18.1 Å². The molecule has 0 bridgehead atoms. The predicted octanol–water partition coefficient (Wildman–Crippen LogP) is 6.25. The summed E-state index contributed by atoms with van der Waals surface area (Å²) in [4.78, 5) is 26.2. The number of carboxylic acids is 2. The monoisotopic (exact) mass is 697 g/mol. The number of ether oxygens (including phenoxy) is 3. The maximum absolute atomic E-state index is 14.2. The number of carboxylic acid groups (broad SMARTS) is 2. The van der Waals surface area contributed by atoms with Gasteiger partial charge in [0.25, 0.3) is 7.52 Å². The first-order valence-corrected chi connectivity index (χ1v) is 17.8. The number of para-hydroxylation sites is 1. The first-order valence-electron chi connectivity index (χ1n) is 15.2. The van der Waals surface area contributed by atoms with E-state index in [0.717, 1.165) is 40.3 Å². The Morgan fingerprint density at radius 2 is 1.52 bits per heavy atom. The average Bonchev–Trinajstić information content (AvgIpc) is 3.52. The molecule has 0 aliphatic carbocycles. The summed E-state index contributed by atoms with van der Waals surface area (Å²) < 4.78 is 40.0. The van der Waals surface area contributed by atoms with Crippen molar-refractivity contribution < 1.29 is 43.1 Å². The lowest BCUT2D eigenvalue weighted by atomic mass is 10.1. The highest BCUT2D eigenvalue weighted by molar-refractivity contribution is 7.55. The van der Waals surface area contributed by atoms with Gasteiger partial charge < -0.3 is 28.9 Å². The fourth-order valence-corrected chi connectivity index (χ4v) is 8.57. The molecule has 0 saturated carbocycles. The van der Waals surface area contributed by atoms with Crippen LogP contribution >= 0.6 is 18.9 Å². The zero-order valence-corrected chi connectivity index (χ0v) is 29.0. The van der Waals surface area contributed by atoms with Crippen molar-refractivity contribution in [3.05, 3.63) is 83.9 Å². The van der Waals surface area contributed by atoms with E-state index < -0.39 is 19.5 Å². The number of piperazine rings is 1. The molecule has 2 heterocycles. The summed E-state index contributed by atoms with van der Waals surface area (Å²) in [7, 11) is 1.83. The molecule has 5 rings (SSSR count). The topological polar surface area (TPSA) is 148 Å². The van der Waals surface area contributed by atoms with E-state index in [0.29, 0.717) is 61.8 Å². The van der Waals surface area contributed by atoms with E-state index in [2.05, 4.69) is 23.1 Å². The lowest BCUT2D eigenvalue weighted by molar-refractivity contribution is -0.134. The predicted molar refractivity (Wildman–Crippen MR) is 185 cm³/mol. The largest absolute Gasteiger partial charge is 0.493 e. The number of thiazole rings is 1. The van der Waals surface area contributed by atoms with Crippen LogP contribution in [0.15, 0.2) is 72.8 Å². The molecule has 2 N–H and O–H groups in total. The summed E-state index contributed by atoms with van der Waals surface area (Å²) in [5, 5.41) is 16.6. The first-order chi connectivity index (χ1) is 23.1. The van der Waals surface area contributed by atoms with Gasteiger partial charge in [0.2, 0.25) is 5.75 Å². The van der Waals surface area contributed by atoms with Gasteiger partial charge in [0, 0.05) is 56.0 Å². The van der Waals surface area contributed by atoms with E-state index in [9.17, 15) is 14.2 Å². The molecular weight excluding hydrogens is 657 g/mol. The summed E-state index contributed by atoms with van der Waals surface area (Å²) in [6, 6.07) is 20.3. The first kappa shape index (κ1) is 36.6. The van der Waals surface area contributed by atoms with Gasteiger partial charge in [-0.15, -0.1) is 11.3 Å². The number of benzene rings is 3. The van der Waals surface area contributed by atoms with Crippen molar-refractivity contribution in [2.24, 2.45) is 0 Å². The summed E-state index contributed by atoms with van der Waals surface area (Å²) in [5.41, 5.74) is 4.10. The van der Waals surface area contributed by atoms with Crippen LogP contribution in [0.2, 0.25) is 0 Å². The van der Waals surface area contributed by atoms with Crippen molar-refractivity contribution in [1.29, 1.82) is 0 Å². The molecular formula is C34H40N3O9PS. The van der Waals surface area contributed by atoms with Crippen molar-refractivity contribution >= 4 is 41.0 Å². The van der Waals surface area contributed by atoms with Gasteiger partial charge in [-0.05, 0) is 30.7 Å². The minimum atomic E-state index is -3.04. The molecule has 1 saturated heterocycles. The third-order valence-electron chi connectivity index (χ3n) is 7.54. The van der Waals surface area contributed by atoms with E-state index in [1.54, 1.807) is 32.7 Å². The van der Waals surface area contributed by atoms with Crippen molar-refractivity contribution in [2.45, 2.75) is 19.6 Å². The number of methoxy groups -OCH3 is 3. The fraction of sp³-hybridized carbons (Fsp3) is 0.324. The van der Waals surface area contributed by atoms with Crippen LogP contribution in [-0.2, 0) is 31.4 Å². The van der Waals surface area contributed by atoms with Crippen LogP contribution < -0.4 is 14.2 Å². The molecule has 1 fully saturated rings. The molecule has 14 heteroatoms. The molecule has 12 nitrogen and oxygen atoms in total. The molecule has 48 heavy (non-hydrogen) atoms. The number of hydrogen-bond acceptors (Lipinski definition) is 10. The Balaban J connectivity index is 0.000000579. The number of fused-ring (bicyclic) bond motifs is 1. The van der Waals surface area contributed by atoms with E-state index in [1.165, 1.54) is 4.70 Å². The van der Waals surface area contributed by atoms with E-state index in [1.807, 2.05) is 54.1 Å². The van der Waals surface area contributed by atoms with Gasteiger partial charge in [0.15, 0.2) is 11.5 Å². The second-order valence-electron chi connectivity index (χ2n) is 10.6. The quantitative estimate of drug-likeness (QED) is 0.120. The van der Waals surface area contributed by atoms with Crippen LogP contribution in [0.5, 0.6) is 17.2 Å². The Kier molecular flexibility index (Phi) is 13.1. The Bertz CT molecular complexity index is 1720. The van der Waals surface area contributed by atoms with Crippen molar-refractivity contribution in [3.63, 3.8) is 0 Å². The van der Waals surface area contributed by atoms with Crippen LogP contribution in [0.4, 0.5) is 0 Å². The molecule has 256 valence electrons. The summed E-state index contributed by atoms with van der Waals surface area (Å²) in [6.45, 7) is 5.87. The summed E-state index contributed by atoms with van der Waals surface area (Å²) in [6.07, 6.45) is 1.50. The number of nitrogens with zero attached hydrogens (tertiary/aromatic N) is 3. The minimum Gasteiger partial charge on any atom is -0.493 e. The number of carbonyl (C=O) groups is 2. The molecule has 0 spiro atoms. The number of aliphatic carboxylic acids is 2. The fourth-order valence-electron chi connectivity index (χ4n) is 5.28. The lowest BCUT2D eigenvalue weighted by Gasteiger charge is -2.38. The second-order valence-corrected chi connectivity index (χ2v) is 14.1. The van der Waals surface area contributed by atoms with E-state index in [-0.39, 0.29) is 0 Å². The highest BCUT2D eigenvalue weighted by Crippen LogP contribution is 2.54. The smallest absolute Gasteiger partial charge is 0.328 e. The molecule has 1 aliphatic rings. The molecule has 1 atom stereocenters. The molecule has 1 aromatic heterocycles. The Hall–Kier alpha value is -4.26. The van der Waals surface area contributed by atoms with Crippen molar-refractivity contribution in [2.75, 3.05) is 54.1 Å². The summed E-state index contributed by atoms with van der Waals surface area (Å²) in [5.74, 6) is -0.604. The van der Waals surface area contributed by atoms with E-state index >= 15 is 0 Å². The van der Waals surface area contributed by atoms with Crippen molar-refractivity contribution in [1.82, 2.24) is 14.6 Å². The molecule has 4 aromatic rings. The van der Waals surface area contributed by atoms with E-state index in [4.69, 9.17) is 33.9 Å². The summed E-state index contributed by atoms with van der Waals surface area (Å²) >= 11 is 1.68. The van der Waals surface area contributed by atoms with Gasteiger partial charge in [-0.1, -0.05) is 42.5 Å². The van der Waals surface area contributed by atoms with Crippen LogP contribution in [0.25, 0.3) is 20.8 Å². The Morgan fingerprint density at radius 3 is 2.08 bits per heavy atom. The normalized spacial score (nSPS) is 15.0. The maximum atomic E-state index is 14.2. The Morgan fingerprint density at radius 1 is 0.875 bits per heavy atom. The molecule has 1 unspecified atom stereocenters. The van der Waals surface area contributed by atoms with Gasteiger partial charge in [-0.2, -0.15) is 0 Å². The number of hydrogen-bond donors (Lipinski definition) is 2. The number of rotatable bonds is 13. The highest BCUT2D eigenvalue weighted by Gasteiger charge is 2.34. The molecule has 0 amide bonds. The standard InChI is InChI=1S/C30H36N3O5PS.C4H4O4/c1-5-38-39(34,21-22-10-12-23(13-11-22)30-31-25-8-6-7-9-27(25)40-30)33-18-16-32(17-19-33)20-24-14-15-26(35-2)29(37-4)28(24)36-3;5-3(6)1-2-4(7)8/h6-15H,5,16-21H2,1-4H3;1-2H,(H,5,6)(H,7,8)/b;2-1+. The highest BCUT2D eigenvalue weighted by atomic mass is 32.1. The maximum Gasteiger partial charge on any atom is 0.328 e. The van der Waals surface area contributed by atoms with Gasteiger partial charge in [-0.25, -0.2) is 19.2 Å². The van der Waals surface area contributed by atoms with Crippen LogP contribution in [0.3, 0.4) is 0 Å². The molecule has 3 aromatic carbocycles. The third kappa shape index (κ3) is 9.42. The molecule has 0 radical (unpaired) electrons. The minimum absolute atomic E-state index is 0.379.